The molecule has 0 aromatic heterocycles. The largest absolute Gasteiger partial charge is 0.496 e. The Labute approximate surface area is 147 Å². The number of methoxy groups -OCH3 is 1. The summed E-state index contributed by atoms with van der Waals surface area (Å²) in [6.07, 6.45) is -0.0333. The van der Waals surface area contributed by atoms with E-state index in [1.807, 2.05) is 56.3 Å². The number of amides is 1. The summed E-state index contributed by atoms with van der Waals surface area (Å²) >= 11 is 0. The first-order valence-electron chi connectivity index (χ1n) is 8.11. The quantitative estimate of drug-likeness (QED) is 0.811. The summed E-state index contributed by atoms with van der Waals surface area (Å²) in [6.45, 7) is 3.85. The highest BCUT2D eigenvalue weighted by molar-refractivity contribution is 5.80. The number of hydrogen-bond acceptors (Lipinski definition) is 3. The van der Waals surface area contributed by atoms with E-state index in [0.717, 1.165) is 22.3 Å². The Bertz CT molecular complexity index is 770. The molecule has 0 saturated carbocycles. The zero-order chi connectivity index (χ0) is 18.4. The number of carbonyl (C=O) groups is 2. The van der Waals surface area contributed by atoms with Crippen LogP contribution in [0, 0.1) is 13.8 Å². The first-order valence-corrected chi connectivity index (χ1v) is 8.11. The highest BCUT2D eigenvalue weighted by atomic mass is 16.5. The highest BCUT2D eigenvalue weighted by Gasteiger charge is 2.20. The number of carboxylic acid groups (broad SMARTS) is 1. The minimum Gasteiger partial charge on any atom is -0.496 e. The van der Waals surface area contributed by atoms with Crippen LogP contribution in [0.5, 0.6) is 5.75 Å². The van der Waals surface area contributed by atoms with E-state index in [4.69, 9.17) is 4.74 Å². The number of aliphatic carboxylic acids is 1. The fourth-order valence-corrected chi connectivity index (χ4v) is 2.85. The van der Waals surface area contributed by atoms with Crippen LogP contribution < -0.4 is 10.1 Å². The van der Waals surface area contributed by atoms with Gasteiger partial charge in [0.15, 0.2) is 0 Å². The van der Waals surface area contributed by atoms with E-state index in [1.165, 1.54) is 0 Å². The molecule has 2 aromatic rings. The minimum absolute atomic E-state index is 0.132. The summed E-state index contributed by atoms with van der Waals surface area (Å²) in [7, 11) is 1.56. The summed E-state index contributed by atoms with van der Waals surface area (Å²) in [5, 5.41) is 12.0. The van der Waals surface area contributed by atoms with Crippen LogP contribution in [0.15, 0.2) is 42.5 Å². The molecule has 2 rings (SSSR count). The van der Waals surface area contributed by atoms with Gasteiger partial charge in [0.1, 0.15) is 5.75 Å². The molecule has 2 N–H and O–H groups in total. The van der Waals surface area contributed by atoms with Crippen molar-refractivity contribution >= 4 is 11.9 Å². The fourth-order valence-electron chi connectivity index (χ4n) is 2.85. The standard InChI is InChI=1S/C20H23NO4/c1-13-8-9-18(25-3)15(10-13)11-19(22)21-17(12-20(23)24)16-7-5-4-6-14(16)2/h4-10,17H,11-12H2,1-3H3,(H,21,22)(H,23,24). The molecule has 0 aliphatic rings. The number of aryl methyl sites for hydroxylation is 2. The molecule has 0 heterocycles. The SMILES string of the molecule is COc1ccc(C)cc1CC(=O)NC(CC(=O)O)c1ccccc1C. The van der Waals surface area contributed by atoms with Crippen LogP contribution in [0.2, 0.25) is 0 Å². The zero-order valence-electron chi connectivity index (χ0n) is 14.7. The second-order valence-corrected chi connectivity index (χ2v) is 6.07. The molecule has 5 nitrogen and oxygen atoms in total. The zero-order valence-corrected chi connectivity index (χ0v) is 14.7. The van der Waals surface area contributed by atoms with Crippen LogP contribution in [0.4, 0.5) is 0 Å². The Morgan fingerprint density at radius 2 is 1.88 bits per heavy atom. The van der Waals surface area contributed by atoms with E-state index in [1.54, 1.807) is 7.11 Å². The lowest BCUT2D eigenvalue weighted by Gasteiger charge is -2.20. The molecule has 1 amide bonds. The summed E-state index contributed by atoms with van der Waals surface area (Å²) in [5.41, 5.74) is 3.57. The van der Waals surface area contributed by atoms with E-state index >= 15 is 0 Å². The van der Waals surface area contributed by atoms with Crippen LogP contribution in [0.25, 0.3) is 0 Å². The van der Waals surface area contributed by atoms with Gasteiger partial charge in [0, 0.05) is 5.56 Å². The number of hydrogen-bond donors (Lipinski definition) is 2. The lowest BCUT2D eigenvalue weighted by molar-refractivity contribution is -0.137. The van der Waals surface area contributed by atoms with Gasteiger partial charge in [-0.05, 0) is 31.0 Å². The van der Waals surface area contributed by atoms with Gasteiger partial charge in [-0.25, -0.2) is 0 Å². The van der Waals surface area contributed by atoms with Crippen LogP contribution in [0.3, 0.4) is 0 Å². The smallest absolute Gasteiger partial charge is 0.305 e. The molecule has 132 valence electrons. The lowest BCUT2D eigenvalue weighted by atomic mass is 9.98. The molecule has 25 heavy (non-hydrogen) atoms. The van der Waals surface area contributed by atoms with E-state index in [2.05, 4.69) is 5.32 Å². The van der Waals surface area contributed by atoms with E-state index in [9.17, 15) is 14.7 Å². The molecular weight excluding hydrogens is 318 g/mol. The van der Waals surface area contributed by atoms with Crippen molar-refractivity contribution in [2.24, 2.45) is 0 Å². The van der Waals surface area contributed by atoms with Crippen LogP contribution in [-0.4, -0.2) is 24.1 Å². The van der Waals surface area contributed by atoms with E-state index in [-0.39, 0.29) is 18.7 Å². The fraction of sp³-hybridized carbons (Fsp3) is 0.300. The molecule has 0 fully saturated rings. The third-order valence-corrected chi connectivity index (χ3v) is 4.06. The van der Waals surface area contributed by atoms with Crippen LogP contribution in [0.1, 0.15) is 34.7 Å². The third-order valence-electron chi connectivity index (χ3n) is 4.06. The van der Waals surface area contributed by atoms with Gasteiger partial charge in [0.05, 0.1) is 26.0 Å². The lowest BCUT2D eigenvalue weighted by Crippen LogP contribution is -2.31. The number of carbonyl (C=O) groups excluding carboxylic acids is 1. The second kappa shape index (κ2) is 8.33. The second-order valence-electron chi connectivity index (χ2n) is 6.07. The molecule has 1 atom stereocenters. The summed E-state index contributed by atoms with van der Waals surface area (Å²) in [4.78, 5) is 23.7. The molecule has 0 spiro atoms. The Kier molecular flexibility index (Phi) is 6.17. The van der Waals surface area contributed by atoms with Crippen molar-refractivity contribution in [3.05, 3.63) is 64.7 Å². The summed E-state index contributed by atoms with van der Waals surface area (Å²) < 4.78 is 5.30. The highest BCUT2D eigenvalue weighted by Crippen LogP contribution is 2.23. The number of carboxylic acids is 1. The number of benzene rings is 2. The average Bonchev–Trinajstić information content (AvgIpc) is 2.54. The topological polar surface area (TPSA) is 75.6 Å². The van der Waals surface area contributed by atoms with Crippen molar-refractivity contribution in [3.8, 4) is 5.75 Å². The van der Waals surface area contributed by atoms with Gasteiger partial charge in [-0.3, -0.25) is 9.59 Å². The van der Waals surface area contributed by atoms with Crippen molar-refractivity contribution in [1.82, 2.24) is 5.32 Å². The Hall–Kier alpha value is -2.82. The molecule has 2 aromatic carbocycles. The molecule has 5 heteroatoms. The summed E-state index contributed by atoms with van der Waals surface area (Å²) in [6, 6.07) is 12.6. The van der Waals surface area contributed by atoms with Gasteiger partial charge in [-0.1, -0.05) is 42.0 Å². The predicted molar refractivity (Wildman–Crippen MR) is 95.8 cm³/mol. The van der Waals surface area contributed by atoms with Crippen LogP contribution >= 0.6 is 0 Å². The summed E-state index contributed by atoms with van der Waals surface area (Å²) in [5.74, 6) is -0.550. The van der Waals surface area contributed by atoms with Gasteiger partial charge in [0.2, 0.25) is 5.91 Å². The third kappa shape index (κ3) is 5.08. The Balaban J connectivity index is 2.19. The average molecular weight is 341 g/mol. The molecule has 0 saturated heterocycles. The minimum atomic E-state index is -0.957. The molecule has 0 bridgehead atoms. The van der Waals surface area contributed by atoms with Crippen molar-refractivity contribution < 1.29 is 19.4 Å². The Morgan fingerprint density at radius 1 is 1.16 bits per heavy atom. The first-order chi connectivity index (χ1) is 11.9. The van der Waals surface area contributed by atoms with E-state index < -0.39 is 12.0 Å². The maximum atomic E-state index is 12.5. The van der Waals surface area contributed by atoms with Gasteiger partial charge < -0.3 is 15.2 Å². The van der Waals surface area contributed by atoms with Crippen molar-refractivity contribution in [2.45, 2.75) is 32.7 Å². The number of nitrogens with one attached hydrogen (secondary N) is 1. The van der Waals surface area contributed by atoms with E-state index in [0.29, 0.717) is 5.75 Å². The monoisotopic (exact) mass is 341 g/mol. The predicted octanol–water partition coefficient (Wildman–Crippen LogP) is 3.19. The van der Waals surface area contributed by atoms with Crippen molar-refractivity contribution in [1.29, 1.82) is 0 Å². The number of rotatable bonds is 7. The molecule has 0 aliphatic heterocycles. The van der Waals surface area contributed by atoms with Gasteiger partial charge in [-0.15, -0.1) is 0 Å². The maximum absolute atomic E-state index is 12.5. The van der Waals surface area contributed by atoms with Crippen LogP contribution in [-0.2, 0) is 16.0 Å². The van der Waals surface area contributed by atoms with Gasteiger partial charge >= 0.3 is 5.97 Å². The first kappa shape index (κ1) is 18.5. The molecule has 1 unspecified atom stereocenters. The van der Waals surface area contributed by atoms with Crippen molar-refractivity contribution in [2.75, 3.05) is 7.11 Å². The van der Waals surface area contributed by atoms with Crippen molar-refractivity contribution in [3.63, 3.8) is 0 Å². The number of ether oxygens (including phenoxy) is 1. The van der Waals surface area contributed by atoms with Gasteiger partial charge in [-0.2, -0.15) is 0 Å². The maximum Gasteiger partial charge on any atom is 0.305 e. The van der Waals surface area contributed by atoms with Gasteiger partial charge in [0.25, 0.3) is 0 Å². The Morgan fingerprint density at radius 3 is 2.52 bits per heavy atom. The molecule has 0 radical (unpaired) electrons. The molecule has 0 aliphatic carbocycles. The molecular formula is C20H23NO4. The normalized spacial score (nSPS) is 11.6.